The minimum Gasteiger partial charge on any atom is -0.482 e. The van der Waals surface area contributed by atoms with E-state index in [1.165, 1.54) is 0 Å². The lowest BCUT2D eigenvalue weighted by molar-refractivity contribution is 0.0993. The van der Waals surface area contributed by atoms with Gasteiger partial charge in [-0.3, -0.25) is 9.59 Å². The van der Waals surface area contributed by atoms with Crippen LogP contribution in [0.3, 0.4) is 0 Å². The maximum Gasteiger partial charge on any atom is 0.291 e. The third kappa shape index (κ3) is 3.74. The second-order valence-corrected chi connectivity index (χ2v) is 5.98. The van der Waals surface area contributed by atoms with Crippen molar-refractivity contribution in [2.24, 2.45) is 0 Å². The minimum atomic E-state index is -0.503. The van der Waals surface area contributed by atoms with Crippen molar-refractivity contribution in [2.75, 3.05) is 5.32 Å². The number of aromatic amines is 1. The number of rotatable bonds is 5. The number of carbonyl (C=O) groups is 1. The van der Waals surface area contributed by atoms with Gasteiger partial charge in [0.2, 0.25) is 11.2 Å². The van der Waals surface area contributed by atoms with Gasteiger partial charge in [-0.05, 0) is 29.8 Å². The molecule has 2 N–H and O–H groups in total. The van der Waals surface area contributed by atoms with E-state index in [0.29, 0.717) is 5.69 Å². The van der Waals surface area contributed by atoms with Gasteiger partial charge in [-0.25, -0.2) is 0 Å². The van der Waals surface area contributed by atoms with Crippen LogP contribution in [-0.2, 0) is 6.61 Å². The number of ether oxygens (including phenoxy) is 1. The largest absolute Gasteiger partial charge is 0.482 e. The quantitative estimate of drug-likeness (QED) is 0.564. The molecule has 134 valence electrons. The van der Waals surface area contributed by atoms with Crippen molar-refractivity contribution >= 4 is 22.5 Å². The van der Waals surface area contributed by atoms with Gasteiger partial charge in [0, 0.05) is 28.9 Å². The second-order valence-electron chi connectivity index (χ2n) is 5.98. The average Bonchev–Trinajstić information content (AvgIpc) is 3.15. The molecule has 0 saturated heterocycles. The third-order valence-corrected chi connectivity index (χ3v) is 4.07. The molecule has 6 heteroatoms. The molecular weight excluding hydrogens is 344 g/mol. The Hall–Kier alpha value is -3.80. The third-order valence-electron chi connectivity index (χ3n) is 4.07. The van der Waals surface area contributed by atoms with Crippen molar-refractivity contribution < 1.29 is 13.9 Å². The predicted molar refractivity (Wildman–Crippen MR) is 102 cm³/mol. The van der Waals surface area contributed by atoms with Crippen LogP contribution in [0.5, 0.6) is 5.75 Å². The number of amides is 1. The monoisotopic (exact) mass is 360 g/mol. The van der Waals surface area contributed by atoms with Crippen LogP contribution in [0.4, 0.5) is 5.69 Å². The average molecular weight is 360 g/mol. The van der Waals surface area contributed by atoms with Crippen LogP contribution in [0.1, 0.15) is 16.1 Å². The lowest BCUT2D eigenvalue weighted by atomic mass is 10.2. The van der Waals surface area contributed by atoms with E-state index < -0.39 is 11.3 Å². The van der Waals surface area contributed by atoms with E-state index in [4.69, 9.17) is 9.15 Å². The summed E-state index contributed by atoms with van der Waals surface area (Å²) in [4.78, 5) is 27.6. The van der Waals surface area contributed by atoms with E-state index in [-0.39, 0.29) is 18.1 Å². The molecule has 0 saturated carbocycles. The molecule has 0 radical (unpaired) electrons. The molecule has 1 amide bonds. The van der Waals surface area contributed by atoms with Crippen molar-refractivity contribution in [3.63, 3.8) is 0 Å². The van der Waals surface area contributed by atoms with Crippen molar-refractivity contribution in [3.05, 3.63) is 94.7 Å². The summed E-state index contributed by atoms with van der Waals surface area (Å²) in [6.07, 6.45) is 2.99. The van der Waals surface area contributed by atoms with E-state index in [2.05, 4.69) is 10.3 Å². The highest BCUT2D eigenvalue weighted by Gasteiger charge is 2.13. The maximum absolute atomic E-state index is 12.3. The Morgan fingerprint density at radius 2 is 1.93 bits per heavy atom. The Bertz CT molecular complexity index is 1150. The Labute approximate surface area is 154 Å². The molecule has 0 aliphatic carbocycles. The first-order valence-electron chi connectivity index (χ1n) is 8.37. The molecule has 6 nitrogen and oxygen atoms in total. The first-order valence-corrected chi connectivity index (χ1v) is 8.37. The van der Waals surface area contributed by atoms with Gasteiger partial charge in [0.05, 0.1) is 0 Å². The summed E-state index contributed by atoms with van der Waals surface area (Å²) in [7, 11) is 0. The summed E-state index contributed by atoms with van der Waals surface area (Å²) in [6, 6.07) is 18.0. The molecule has 4 aromatic rings. The summed E-state index contributed by atoms with van der Waals surface area (Å²) in [5, 5.41) is 3.69. The van der Waals surface area contributed by atoms with Gasteiger partial charge in [-0.15, -0.1) is 0 Å². The summed E-state index contributed by atoms with van der Waals surface area (Å²) in [5.41, 5.74) is 2.10. The smallest absolute Gasteiger partial charge is 0.291 e. The standard InChI is InChI=1S/C21H16N2O4/c24-18-11-19(27-13-20(18)26-12-14-4-2-1-3-5-14)21(25)23-16-6-7-17-15(10-16)8-9-22-17/h1-11,13,22H,12H2,(H,23,25). The van der Waals surface area contributed by atoms with Gasteiger partial charge in [-0.2, -0.15) is 0 Å². The number of fused-ring (bicyclic) bond motifs is 1. The number of anilines is 1. The topological polar surface area (TPSA) is 84.3 Å². The van der Waals surface area contributed by atoms with Gasteiger partial charge in [-0.1, -0.05) is 30.3 Å². The molecule has 0 spiro atoms. The summed E-state index contributed by atoms with van der Waals surface area (Å²) < 4.78 is 10.8. The van der Waals surface area contributed by atoms with E-state index in [1.54, 1.807) is 6.07 Å². The van der Waals surface area contributed by atoms with Crippen molar-refractivity contribution in [3.8, 4) is 5.75 Å². The number of carbonyl (C=O) groups excluding carboxylic acids is 1. The molecule has 0 bridgehead atoms. The fourth-order valence-corrected chi connectivity index (χ4v) is 2.68. The van der Waals surface area contributed by atoms with Crippen LogP contribution in [0.2, 0.25) is 0 Å². The maximum atomic E-state index is 12.3. The Morgan fingerprint density at radius 3 is 2.74 bits per heavy atom. The SMILES string of the molecule is O=C(Nc1ccc2[nH]ccc2c1)c1cc(=O)c(OCc2ccccc2)co1. The van der Waals surface area contributed by atoms with Gasteiger partial charge in [0.15, 0.2) is 5.76 Å². The van der Waals surface area contributed by atoms with E-state index >= 15 is 0 Å². The normalized spacial score (nSPS) is 10.7. The fraction of sp³-hybridized carbons (Fsp3) is 0.0476. The lowest BCUT2D eigenvalue weighted by Crippen LogP contribution is -2.15. The Balaban J connectivity index is 1.46. The van der Waals surface area contributed by atoms with Crippen molar-refractivity contribution in [1.29, 1.82) is 0 Å². The van der Waals surface area contributed by atoms with Crippen LogP contribution in [-0.4, -0.2) is 10.9 Å². The first-order chi connectivity index (χ1) is 13.2. The fourth-order valence-electron chi connectivity index (χ4n) is 2.68. The molecular formula is C21H16N2O4. The van der Waals surface area contributed by atoms with E-state index in [1.807, 2.05) is 54.7 Å². The first kappa shape index (κ1) is 16.7. The predicted octanol–water partition coefficient (Wildman–Crippen LogP) is 3.95. The van der Waals surface area contributed by atoms with E-state index in [9.17, 15) is 9.59 Å². The zero-order valence-electron chi connectivity index (χ0n) is 14.3. The minimum absolute atomic E-state index is 0.0594. The molecule has 0 aliphatic rings. The second kappa shape index (κ2) is 7.21. The van der Waals surface area contributed by atoms with Crippen molar-refractivity contribution in [1.82, 2.24) is 4.98 Å². The van der Waals surface area contributed by atoms with Crippen LogP contribution in [0.25, 0.3) is 10.9 Å². The molecule has 27 heavy (non-hydrogen) atoms. The highest BCUT2D eigenvalue weighted by atomic mass is 16.5. The Morgan fingerprint density at radius 1 is 1.07 bits per heavy atom. The molecule has 2 aromatic heterocycles. The molecule has 0 atom stereocenters. The van der Waals surface area contributed by atoms with Crippen LogP contribution >= 0.6 is 0 Å². The zero-order valence-corrected chi connectivity index (χ0v) is 14.3. The highest BCUT2D eigenvalue weighted by molar-refractivity contribution is 6.03. The summed E-state index contributed by atoms with van der Waals surface area (Å²) in [6.45, 7) is 0.244. The van der Waals surface area contributed by atoms with Crippen LogP contribution < -0.4 is 15.5 Å². The number of nitrogens with one attached hydrogen (secondary N) is 2. The molecule has 4 rings (SSSR count). The molecule has 0 fully saturated rings. The summed E-state index contributed by atoms with van der Waals surface area (Å²) >= 11 is 0. The number of H-pyrrole nitrogens is 1. The molecule has 2 heterocycles. The Kier molecular flexibility index (Phi) is 4.45. The molecule has 0 aliphatic heterocycles. The lowest BCUT2D eigenvalue weighted by Gasteiger charge is -2.07. The van der Waals surface area contributed by atoms with Crippen molar-refractivity contribution in [2.45, 2.75) is 6.61 Å². The van der Waals surface area contributed by atoms with Gasteiger partial charge in [0.25, 0.3) is 5.91 Å². The van der Waals surface area contributed by atoms with Crippen LogP contribution in [0.15, 0.2) is 82.3 Å². The number of hydrogen-bond donors (Lipinski definition) is 2. The number of hydrogen-bond acceptors (Lipinski definition) is 4. The highest BCUT2D eigenvalue weighted by Crippen LogP contribution is 2.18. The van der Waals surface area contributed by atoms with Gasteiger partial charge >= 0.3 is 0 Å². The van der Waals surface area contributed by atoms with Gasteiger partial charge in [0.1, 0.15) is 12.9 Å². The zero-order chi connectivity index (χ0) is 18.6. The van der Waals surface area contributed by atoms with Crippen LogP contribution in [0, 0.1) is 0 Å². The number of benzene rings is 2. The molecule has 2 aromatic carbocycles. The van der Waals surface area contributed by atoms with E-state index in [0.717, 1.165) is 28.8 Å². The van der Waals surface area contributed by atoms with Gasteiger partial charge < -0.3 is 19.5 Å². The summed E-state index contributed by atoms with van der Waals surface area (Å²) in [5.74, 6) is -0.526. The number of aromatic nitrogens is 1. The molecule has 0 unspecified atom stereocenters.